The van der Waals surface area contributed by atoms with Crippen LogP contribution in [0.25, 0.3) is 0 Å². The summed E-state index contributed by atoms with van der Waals surface area (Å²) in [6.45, 7) is 6.01. The summed E-state index contributed by atoms with van der Waals surface area (Å²) in [4.78, 5) is 11.3. The maximum atomic E-state index is 11.3. The second-order valence-electron chi connectivity index (χ2n) is 4.07. The second-order valence-corrected chi connectivity index (χ2v) is 4.07. The molecular weight excluding hydrogens is 188 g/mol. The summed E-state index contributed by atoms with van der Waals surface area (Å²) in [5.41, 5.74) is 0. The van der Waals surface area contributed by atoms with E-state index in [4.69, 9.17) is 0 Å². The van der Waals surface area contributed by atoms with Crippen LogP contribution in [0.2, 0.25) is 0 Å². The molecule has 0 bridgehead atoms. The molecule has 3 heteroatoms. The van der Waals surface area contributed by atoms with Crippen molar-refractivity contribution in [1.82, 2.24) is 10.6 Å². The van der Waals surface area contributed by atoms with Crippen molar-refractivity contribution in [3.63, 3.8) is 0 Å². The van der Waals surface area contributed by atoms with E-state index in [1.54, 1.807) is 0 Å². The lowest BCUT2D eigenvalue weighted by Crippen LogP contribution is -2.31. The highest BCUT2D eigenvalue weighted by molar-refractivity contribution is 5.76. The van der Waals surface area contributed by atoms with Crippen LogP contribution >= 0.6 is 0 Å². The van der Waals surface area contributed by atoms with Crippen molar-refractivity contribution in [1.29, 1.82) is 0 Å². The molecule has 90 valence electrons. The molecule has 0 aromatic heterocycles. The van der Waals surface area contributed by atoms with Gasteiger partial charge in [-0.15, -0.1) is 0 Å². The molecule has 0 rings (SSSR count). The minimum Gasteiger partial charge on any atom is -0.356 e. The van der Waals surface area contributed by atoms with Gasteiger partial charge in [-0.2, -0.15) is 0 Å². The first kappa shape index (κ1) is 14.4. The first-order chi connectivity index (χ1) is 7.24. The maximum Gasteiger partial charge on any atom is 0.221 e. The topological polar surface area (TPSA) is 41.1 Å². The number of carbonyl (C=O) groups is 1. The fraction of sp³-hybridized carbons (Fsp3) is 0.917. The molecule has 0 saturated carbocycles. The average Bonchev–Trinajstić information content (AvgIpc) is 2.26. The Morgan fingerprint density at radius 1 is 1.33 bits per heavy atom. The first-order valence-corrected chi connectivity index (χ1v) is 6.15. The normalized spacial score (nSPS) is 12.5. The number of hydrogen-bond donors (Lipinski definition) is 2. The quantitative estimate of drug-likeness (QED) is 0.616. The van der Waals surface area contributed by atoms with E-state index in [9.17, 15) is 4.79 Å². The summed E-state index contributed by atoms with van der Waals surface area (Å²) in [7, 11) is 1.86. The van der Waals surface area contributed by atoms with Gasteiger partial charge in [0.15, 0.2) is 0 Å². The third-order valence-corrected chi connectivity index (χ3v) is 2.73. The predicted octanol–water partition coefficient (Wildman–Crippen LogP) is 1.93. The number of carbonyl (C=O) groups excluding carboxylic acids is 1. The summed E-state index contributed by atoms with van der Waals surface area (Å²) in [5, 5.41) is 5.97. The van der Waals surface area contributed by atoms with E-state index in [-0.39, 0.29) is 5.91 Å². The molecule has 0 fully saturated rings. The predicted molar refractivity (Wildman–Crippen MR) is 64.9 cm³/mol. The largest absolute Gasteiger partial charge is 0.356 e. The highest BCUT2D eigenvalue weighted by Crippen LogP contribution is 2.10. The van der Waals surface area contributed by atoms with Crippen LogP contribution < -0.4 is 10.6 Å². The van der Waals surface area contributed by atoms with Gasteiger partial charge >= 0.3 is 0 Å². The van der Waals surface area contributed by atoms with Crippen molar-refractivity contribution in [3.8, 4) is 0 Å². The van der Waals surface area contributed by atoms with E-state index >= 15 is 0 Å². The SMILES string of the molecule is CCCCC(CC)CNC(=O)CCNC. The molecule has 1 atom stereocenters. The van der Waals surface area contributed by atoms with Crippen LogP contribution in [0.4, 0.5) is 0 Å². The lowest BCUT2D eigenvalue weighted by Gasteiger charge is -2.15. The average molecular weight is 214 g/mol. The Labute approximate surface area is 94.0 Å². The van der Waals surface area contributed by atoms with Gasteiger partial charge in [-0.25, -0.2) is 0 Å². The van der Waals surface area contributed by atoms with Gasteiger partial charge in [0.25, 0.3) is 0 Å². The van der Waals surface area contributed by atoms with E-state index in [0.29, 0.717) is 12.3 Å². The van der Waals surface area contributed by atoms with Gasteiger partial charge in [0.2, 0.25) is 5.91 Å². The van der Waals surface area contributed by atoms with Crippen molar-refractivity contribution in [2.75, 3.05) is 20.1 Å². The van der Waals surface area contributed by atoms with Crippen LogP contribution in [0.15, 0.2) is 0 Å². The van der Waals surface area contributed by atoms with Crippen molar-refractivity contribution >= 4 is 5.91 Å². The smallest absolute Gasteiger partial charge is 0.221 e. The molecule has 0 saturated heterocycles. The summed E-state index contributed by atoms with van der Waals surface area (Å²) in [5.74, 6) is 0.822. The van der Waals surface area contributed by atoms with Crippen molar-refractivity contribution < 1.29 is 4.79 Å². The Hall–Kier alpha value is -0.570. The van der Waals surface area contributed by atoms with Crippen LogP contribution in [0.3, 0.4) is 0 Å². The molecule has 0 spiro atoms. The molecule has 0 heterocycles. The minimum atomic E-state index is 0.166. The summed E-state index contributed by atoms with van der Waals surface area (Å²) in [6, 6.07) is 0. The lowest BCUT2D eigenvalue weighted by molar-refractivity contribution is -0.121. The monoisotopic (exact) mass is 214 g/mol. The fourth-order valence-corrected chi connectivity index (χ4v) is 1.53. The zero-order chi connectivity index (χ0) is 11.5. The zero-order valence-corrected chi connectivity index (χ0v) is 10.4. The molecular formula is C12H26N2O. The van der Waals surface area contributed by atoms with Crippen molar-refractivity contribution in [3.05, 3.63) is 0 Å². The molecule has 0 aliphatic heterocycles. The molecule has 1 unspecified atom stereocenters. The molecule has 3 nitrogen and oxygen atoms in total. The van der Waals surface area contributed by atoms with E-state index < -0.39 is 0 Å². The van der Waals surface area contributed by atoms with Gasteiger partial charge in [-0.05, 0) is 19.4 Å². The van der Waals surface area contributed by atoms with Gasteiger partial charge in [0.05, 0.1) is 0 Å². The molecule has 0 radical (unpaired) electrons. The molecule has 0 aliphatic rings. The number of nitrogens with one attached hydrogen (secondary N) is 2. The first-order valence-electron chi connectivity index (χ1n) is 6.15. The number of hydrogen-bond acceptors (Lipinski definition) is 2. The molecule has 0 aromatic rings. The van der Waals surface area contributed by atoms with Gasteiger partial charge in [-0.3, -0.25) is 4.79 Å². The number of rotatable bonds is 9. The molecule has 0 aliphatic carbocycles. The summed E-state index contributed by atoms with van der Waals surface area (Å²) < 4.78 is 0. The van der Waals surface area contributed by atoms with Gasteiger partial charge in [0.1, 0.15) is 0 Å². The zero-order valence-electron chi connectivity index (χ0n) is 10.4. The van der Waals surface area contributed by atoms with Crippen LogP contribution in [0.1, 0.15) is 46.0 Å². The highest BCUT2D eigenvalue weighted by atomic mass is 16.1. The van der Waals surface area contributed by atoms with Gasteiger partial charge < -0.3 is 10.6 Å². The minimum absolute atomic E-state index is 0.166. The molecule has 15 heavy (non-hydrogen) atoms. The van der Waals surface area contributed by atoms with Crippen molar-refractivity contribution in [2.45, 2.75) is 46.0 Å². The third-order valence-electron chi connectivity index (χ3n) is 2.73. The molecule has 2 N–H and O–H groups in total. The Bertz CT molecular complexity index is 160. The van der Waals surface area contributed by atoms with Crippen LogP contribution in [0.5, 0.6) is 0 Å². The highest BCUT2D eigenvalue weighted by Gasteiger charge is 2.07. The van der Waals surface area contributed by atoms with Crippen LogP contribution in [-0.2, 0) is 4.79 Å². The van der Waals surface area contributed by atoms with Crippen LogP contribution in [-0.4, -0.2) is 26.0 Å². The van der Waals surface area contributed by atoms with Crippen molar-refractivity contribution in [2.24, 2.45) is 5.92 Å². The van der Waals surface area contributed by atoms with E-state index in [2.05, 4.69) is 24.5 Å². The second kappa shape index (κ2) is 9.97. The van der Waals surface area contributed by atoms with E-state index in [1.165, 1.54) is 19.3 Å². The number of unbranched alkanes of at least 4 members (excludes halogenated alkanes) is 1. The standard InChI is InChI=1S/C12H26N2O/c1-4-6-7-11(5-2)10-14-12(15)8-9-13-3/h11,13H,4-10H2,1-3H3,(H,14,15). The van der Waals surface area contributed by atoms with Gasteiger partial charge in [0, 0.05) is 19.5 Å². The Balaban J connectivity index is 3.55. The lowest BCUT2D eigenvalue weighted by atomic mass is 9.99. The number of amides is 1. The summed E-state index contributed by atoms with van der Waals surface area (Å²) >= 11 is 0. The van der Waals surface area contributed by atoms with E-state index in [1.807, 2.05) is 7.05 Å². The van der Waals surface area contributed by atoms with Crippen LogP contribution in [0, 0.1) is 5.92 Å². The Morgan fingerprint density at radius 2 is 2.07 bits per heavy atom. The third kappa shape index (κ3) is 8.43. The summed E-state index contributed by atoms with van der Waals surface area (Å²) in [6.07, 6.45) is 5.49. The Kier molecular flexibility index (Phi) is 9.59. The van der Waals surface area contributed by atoms with E-state index in [0.717, 1.165) is 19.5 Å². The molecule has 1 amide bonds. The molecule has 0 aromatic carbocycles. The fourth-order valence-electron chi connectivity index (χ4n) is 1.53. The maximum absolute atomic E-state index is 11.3. The Morgan fingerprint density at radius 3 is 2.60 bits per heavy atom. The van der Waals surface area contributed by atoms with Gasteiger partial charge in [-0.1, -0.05) is 33.1 Å².